The van der Waals surface area contributed by atoms with Gasteiger partial charge in [-0.2, -0.15) is 0 Å². The van der Waals surface area contributed by atoms with Gasteiger partial charge in [-0.25, -0.2) is 4.98 Å². The number of hydrogen-bond donors (Lipinski definition) is 1. The van der Waals surface area contributed by atoms with E-state index in [9.17, 15) is 0 Å². The molecule has 2 aromatic heterocycles. The van der Waals surface area contributed by atoms with E-state index in [1.807, 2.05) is 31.4 Å². The zero-order chi connectivity index (χ0) is 17.6. The molecule has 1 aliphatic heterocycles. The van der Waals surface area contributed by atoms with Gasteiger partial charge in [0.05, 0.1) is 5.69 Å². The first-order chi connectivity index (χ1) is 12.2. The third-order valence-corrected chi connectivity index (χ3v) is 5.53. The van der Waals surface area contributed by atoms with Crippen LogP contribution >= 0.6 is 24.0 Å². The molecule has 0 bridgehead atoms. The third kappa shape index (κ3) is 4.90. The second kappa shape index (κ2) is 10.1. The Kier molecular flexibility index (Phi) is 8.18. The highest BCUT2D eigenvalue weighted by molar-refractivity contribution is 14.0. The minimum Gasteiger partial charge on any atom is -0.356 e. The monoisotopic (exact) mass is 469 g/mol. The molecule has 0 aliphatic carbocycles. The van der Waals surface area contributed by atoms with Crippen LogP contribution in [0.4, 0.5) is 0 Å². The summed E-state index contributed by atoms with van der Waals surface area (Å²) in [6.45, 7) is 7.76. The average Bonchev–Trinajstić information content (AvgIpc) is 3.26. The van der Waals surface area contributed by atoms with E-state index in [4.69, 9.17) is 0 Å². The number of hydrogen-bond acceptors (Lipinski definition) is 2. The van der Waals surface area contributed by atoms with Crippen molar-refractivity contribution in [3.8, 4) is 0 Å². The van der Waals surface area contributed by atoms with Crippen molar-refractivity contribution in [2.24, 2.45) is 16.8 Å². The van der Waals surface area contributed by atoms with Gasteiger partial charge in [0.1, 0.15) is 5.65 Å². The molecule has 1 N–H and O–H groups in total. The fourth-order valence-corrected chi connectivity index (χ4v) is 4.06. The first-order valence-electron chi connectivity index (χ1n) is 9.63. The van der Waals surface area contributed by atoms with Crippen molar-refractivity contribution in [3.63, 3.8) is 0 Å². The molecule has 6 heteroatoms. The summed E-state index contributed by atoms with van der Waals surface area (Å²) in [6.07, 6.45) is 8.92. The molecule has 3 rings (SSSR count). The molecule has 3 heterocycles. The van der Waals surface area contributed by atoms with E-state index in [0.717, 1.165) is 55.2 Å². The minimum atomic E-state index is 0. The number of imidazole rings is 1. The zero-order valence-electron chi connectivity index (χ0n) is 16.2. The molecule has 1 fully saturated rings. The highest BCUT2D eigenvalue weighted by Gasteiger charge is 2.29. The van der Waals surface area contributed by atoms with Crippen LogP contribution in [0.25, 0.3) is 5.65 Å². The number of aromatic nitrogens is 2. The SMILES string of the molecule is CCC(CC)C1CCN(C(=NC)NCCc2cn3ccccc3n2)C1.I. The van der Waals surface area contributed by atoms with E-state index in [0.29, 0.717) is 0 Å². The number of rotatable bonds is 6. The maximum absolute atomic E-state index is 4.66. The van der Waals surface area contributed by atoms with E-state index in [1.165, 1.54) is 19.3 Å². The number of aliphatic imine (C=N–C) groups is 1. The predicted octanol–water partition coefficient (Wildman–Crippen LogP) is 3.83. The first-order valence-corrected chi connectivity index (χ1v) is 9.63. The lowest BCUT2D eigenvalue weighted by Gasteiger charge is -2.24. The molecule has 1 unspecified atom stereocenters. The van der Waals surface area contributed by atoms with Crippen LogP contribution in [0.15, 0.2) is 35.6 Å². The highest BCUT2D eigenvalue weighted by atomic mass is 127. The Labute approximate surface area is 174 Å². The maximum atomic E-state index is 4.66. The van der Waals surface area contributed by atoms with Crippen molar-refractivity contribution >= 4 is 35.6 Å². The molecule has 5 nitrogen and oxygen atoms in total. The summed E-state index contributed by atoms with van der Waals surface area (Å²) in [5.74, 6) is 2.70. The average molecular weight is 469 g/mol. The van der Waals surface area contributed by atoms with Crippen LogP contribution in [-0.4, -0.2) is 46.9 Å². The number of halogens is 1. The summed E-state index contributed by atoms with van der Waals surface area (Å²) >= 11 is 0. The summed E-state index contributed by atoms with van der Waals surface area (Å²) in [4.78, 5) is 11.6. The molecule has 2 aromatic rings. The van der Waals surface area contributed by atoms with Crippen LogP contribution < -0.4 is 5.32 Å². The van der Waals surface area contributed by atoms with Gasteiger partial charge in [-0.15, -0.1) is 24.0 Å². The van der Waals surface area contributed by atoms with Crippen LogP contribution in [0.1, 0.15) is 38.8 Å². The van der Waals surface area contributed by atoms with Gasteiger partial charge in [0.2, 0.25) is 0 Å². The second-order valence-electron chi connectivity index (χ2n) is 6.99. The lowest BCUT2D eigenvalue weighted by molar-refractivity contribution is 0.319. The van der Waals surface area contributed by atoms with Crippen molar-refractivity contribution < 1.29 is 0 Å². The number of fused-ring (bicyclic) bond motifs is 1. The molecule has 0 amide bonds. The van der Waals surface area contributed by atoms with Crippen molar-refractivity contribution in [2.45, 2.75) is 39.5 Å². The molecular formula is C20H32IN5. The largest absolute Gasteiger partial charge is 0.356 e. The highest BCUT2D eigenvalue weighted by Crippen LogP contribution is 2.28. The van der Waals surface area contributed by atoms with Crippen molar-refractivity contribution in [1.82, 2.24) is 19.6 Å². The maximum Gasteiger partial charge on any atom is 0.193 e. The number of nitrogens with zero attached hydrogens (tertiary/aromatic N) is 4. The summed E-state index contributed by atoms with van der Waals surface area (Å²) in [6, 6.07) is 6.09. The number of likely N-dealkylation sites (tertiary alicyclic amines) is 1. The molecule has 0 aromatic carbocycles. The van der Waals surface area contributed by atoms with Gasteiger partial charge < -0.3 is 14.6 Å². The Balaban J connectivity index is 0.00000243. The van der Waals surface area contributed by atoms with E-state index in [-0.39, 0.29) is 24.0 Å². The molecule has 0 saturated carbocycles. The molecule has 1 saturated heterocycles. The fraction of sp³-hybridized carbons (Fsp3) is 0.600. The van der Waals surface area contributed by atoms with E-state index >= 15 is 0 Å². The fourth-order valence-electron chi connectivity index (χ4n) is 4.06. The molecule has 1 atom stereocenters. The Hall–Kier alpha value is -1.31. The third-order valence-electron chi connectivity index (χ3n) is 5.53. The molecule has 0 radical (unpaired) electrons. The Bertz CT molecular complexity index is 674. The summed E-state index contributed by atoms with van der Waals surface area (Å²) in [5, 5.41) is 3.53. The predicted molar refractivity (Wildman–Crippen MR) is 119 cm³/mol. The summed E-state index contributed by atoms with van der Waals surface area (Å²) in [5.41, 5.74) is 2.12. The quantitative estimate of drug-likeness (QED) is 0.398. The molecule has 26 heavy (non-hydrogen) atoms. The Morgan fingerprint density at radius 1 is 1.35 bits per heavy atom. The molecular weight excluding hydrogens is 437 g/mol. The van der Waals surface area contributed by atoms with E-state index < -0.39 is 0 Å². The van der Waals surface area contributed by atoms with Crippen molar-refractivity contribution in [1.29, 1.82) is 0 Å². The van der Waals surface area contributed by atoms with Crippen molar-refractivity contribution in [3.05, 3.63) is 36.3 Å². The first kappa shape index (κ1) is 21.0. The summed E-state index contributed by atoms with van der Waals surface area (Å²) in [7, 11) is 1.89. The van der Waals surface area contributed by atoms with Crippen LogP contribution in [0.5, 0.6) is 0 Å². The Morgan fingerprint density at radius 3 is 2.85 bits per heavy atom. The molecule has 1 aliphatic rings. The van der Waals surface area contributed by atoms with Crippen molar-refractivity contribution in [2.75, 3.05) is 26.7 Å². The van der Waals surface area contributed by atoms with Gasteiger partial charge in [0.25, 0.3) is 0 Å². The normalized spacial score (nSPS) is 17.8. The molecule has 0 spiro atoms. The van der Waals surface area contributed by atoms with Crippen LogP contribution in [-0.2, 0) is 6.42 Å². The smallest absolute Gasteiger partial charge is 0.193 e. The van der Waals surface area contributed by atoms with Gasteiger partial charge in [-0.3, -0.25) is 4.99 Å². The lowest BCUT2D eigenvalue weighted by atomic mass is 9.87. The molecule has 144 valence electrons. The zero-order valence-corrected chi connectivity index (χ0v) is 18.5. The Morgan fingerprint density at radius 2 is 2.15 bits per heavy atom. The number of pyridine rings is 1. The van der Waals surface area contributed by atoms with Gasteiger partial charge in [-0.1, -0.05) is 32.8 Å². The topological polar surface area (TPSA) is 44.9 Å². The van der Waals surface area contributed by atoms with Gasteiger partial charge in [0.15, 0.2) is 5.96 Å². The van der Waals surface area contributed by atoms with Crippen LogP contribution in [0.2, 0.25) is 0 Å². The van der Waals surface area contributed by atoms with E-state index in [2.05, 4.69) is 44.6 Å². The van der Waals surface area contributed by atoms with Crippen LogP contribution in [0, 0.1) is 11.8 Å². The van der Waals surface area contributed by atoms with Gasteiger partial charge in [-0.05, 0) is 30.4 Å². The number of guanidine groups is 1. The van der Waals surface area contributed by atoms with Crippen LogP contribution in [0.3, 0.4) is 0 Å². The van der Waals surface area contributed by atoms with E-state index in [1.54, 1.807) is 0 Å². The second-order valence-corrected chi connectivity index (χ2v) is 6.99. The van der Waals surface area contributed by atoms with Gasteiger partial charge in [0, 0.05) is 45.5 Å². The van der Waals surface area contributed by atoms with Gasteiger partial charge >= 0.3 is 0 Å². The summed E-state index contributed by atoms with van der Waals surface area (Å²) < 4.78 is 2.07. The lowest BCUT2D eigenvalue weighted by Crippen LogP contribution is -2.41. The minimum absolute atomic E-state index is 0. The standard InChI is InChI=1S/C20H31N5.HI/c1-4-16(5-2)17-10-13-25(14-17)20(21-3)22-11-9-18-15-24-12-7-6-8-19(24)23-18;/h6-8,12,15-17H,4-5,9-11,13-14H2,1-3H3,(H,21,22);1H. The number of nitrogens with one attached hydrogen (secondary N) is 1.